The number of benzene rings is 2. The smallest absolute Gasteiger partial charge is 0.132 e. The van der Waals surface area contributed by atoms with Gasteiger partial charge in [0.25, 0.3) is 0 Å². The van der Waals surface area contributed by atoms with Crippen LogP contribution < -0.4 is 10.1 Å². The summed E-state index contributed by atoms with van der Waals surface area (Å²) in [4.78, 5) is 6.88. The number of likely N-dealkylation sites (tertiary alicyclic amines) is 1. The van der Waals surface area contributed by atoms with Crippen molar-refractivity contribution in [3.05, 3.63) is 71.8 Å². The molecule has 0 amide bonds. The van der Waals surface area contributed by atoms with Crippen molar-refractivity contribution < 1.29 is 9.13 Å². The lowest BCUT2D eigenvalue weighted by atomic mass is 9.98. The topological polar surface area (TPSA) is 63.2 Å². The molecule has 6 nitrogen and oxygen atoms in total. The zero-order chi connectivity index (χ0) is 23.5. The lowest BCUT2D eigenvalue weighted by Crippen LogP contribution is -2.32. The highest BCUT2D eigenvalue weighted by atomic mass is 35.5. The van der Waals surface area contributed by atoms with Gasteiger partial charge in [-0.05, 0) is 81.4 Å². The van der Waals surface area contributed by atoms with E-state index in [9.17, 15) is 4.39 Å². The van der Waals surface area contributed by atoms with Crippen molar-refractivity contribution >= 4 is 33.9 Å². The first kappa shape index (κ1) is 22.5. The van der Waals surface area contributed by atoms with Gasteiger partial charge in [0.2, 0.25) is 0 Å². The van der Waals surface area contributed by atoms with Crippen molar-refractivity contribution in [3.63, 3.8) is 0 Å². The van der Waals surface area contributed by atoms with E-state index in [2.05, 4.69) is 32.4 Å². The number of pyridine rings is 1. The Morgan fingerprint density at radius 1 is 1.12 bits per heavy atom. The van der Waals surface area contributed by atoms with E-state index in [-0.39, 0.29) is 0 Å². The number of fused-ring (bicyclic) bond motifs is 1. The Labute approximate surface area is 202 Å². The minimum absolute atomic E-state index is 0.301. The van der Waals surface area contributed by atoms with Gasteiger partial charge in [-0.15, -0.1) is 0 Å². The van der Waals surface area contributed by atoms with E-state index in [1.54, 1.807) is 24.5 Å². The average molecular weight is 478 g/mol. The molecule has 1 N–H and O–H groups in total. The fourth-order valence-electron chi connectivity index (χ4n) is 4.19. The van der Waals surface area contributed by atoms with Crippen LogP contribution in [0.5, 0.6) is 5.75 Å². The number of aromatic nitrogens is 3. The van der Waals surface area contributed by atoms with Crippen LogP contribution in [0.1, 0.15) is 12.8 Å². The van der Waals surface area contributed by atoms with Crippen LogP contribution in [0.4, 0.5) is 15.8 Å². The Bertz CT molecular complexity index is 1310. The lowest BCUT2D eigenvalue weighted by Gasteiger charge is -2.28. The van der Waals surface area contributed by atoms with Crippen LogP contribution in [0.2, 0.25) is 5.02 Å². The van der Waals surface area contributed by atoms with Gasteiger partial charge in [-0.2, -0.15) is 10.2 Å². The van der Waals surface area contributed by atoms with Crippen LogP contribution in [0, 0.1) is 11.7 Å². The lowest BCUT2D eigenvalue weighted by molar-refractivity contribution is 0.160. The van der Waals surface area contributed by atoms with Gasteiger partial charge in [0.15, 0.2) is 0 Å². The largest absolute Gasteiger partial charge is 0.493 e. The molecule has 0 radical (unpaired) electrons. The van der Waals surface area contributed by atoms with Gasteiger partial charge in [0.05, 0.1) is 29.7 Å². The van der Waals surface area contributed by atoms with Crippen molar-refractivity contribution in [1.29, 1.82) is 0 Å². The Morgan fingerprint density at radius 2 is 1.97 bits per heavy atom. The first-order valence-electron chi connectivity index (χ1n) is 11.3. The van der Waals surface area contributed by atoms with Crippen molar-refractivity contribution in [1.82, 2.24) is 20.1 Å². The molecule has 0 atom stereocenters. The summed E-state index contributed by atoms with van der Waals surface area (Å²) >= 11 is 6.04. The molecule has 1 fully saturated rings. The van der Waals surface area contributed by atoms with Gasteiger partial charge in [0, 0.05) is 33.9 Å². The molecule has 1 aliphatic heterocycles. The molecule has 3 heterocycles. The number of nitrogens with zero attached hydrogens (tertiary/aromatic N) is 4. The van der Waals surface area contributed by atoms with Gasteiger partial charge in [-0.1, -0.05) is 11.6 Å². The predicted molar refractivity (Wildman–Crippen MR) is 133 cm³/mol. The summed E-state index contributed by atoms with van der Waals surface area (Å²) in [5.41, 5.74) is 3.06. The third-order valence-electron chi connectivity index (χ3n) is 6.18. The summed E-state index contributed by atoms with van der Waals surface area (Å²) in [7, 11) is 2.16. The fraction of sp³-hybridized carbons (Fsp3) is 0.269. The molecule has 0 unspecified atom stereocenters. The molecule has 5 rings (SSSR count). The number of rotatable bonds is 6. The number of halogens is 2. The van der Waals surface area contributed by atoms with E-state index in [1.807, 2.05) is 24.3 Å². The van der Waals surface area contributed by atoms with Gasteiger partial charge < -0.3 is 15.0 Å². The second-order valence-corrected chi connectivity index (χ2v) is 9.11. The van der Waals surface area contributed by atoms with Gasteiger partial charge in [-0.3, -0.25) is 4.98 Å². The Balaban J connectivity index is 1.34. The summed E-state index contributed by atoms with van der Waals surface area (Å²) in [6.07, 6.45) is 5.67. The molecule has 2 aromatic carbocycles. The summed E-state index contributed by atoms with van der Waals surface area (Å²) < 4.78 is 20.4. The van der Waals surface area contributed by atoms with Crippen LogP contribution in [0.15, 0.2) is 60.9 Å². The van der Waals surface area contributed by atoms with E-state index < -0.39 is 5.82 Å². The van der Waals surface area contributed by atoms with Crippen molar-refractivity contribution in [2.45, 2.75) is 12.8 Å². The number of hydrogen-bond acceptors (Lipinski definition) is 6. The monoisotopic (exact) mass is 477 g/mol. The zero-order valence-electron chi connectivity index (χ0n) is 18.8. The summed E-state index contributed by atoms with van der Waals surface area (Å²) in [6.45, 7) is 2.97. The van der Waals surface area contributed by atoms with E-state index in [0.29, 0.717) is 27.9 Å². The first-order chi connectivity index (χ1) is 16.5. The average Bonchev–Trinajstić information content (AvgIpc) is 2.85. The van der Waals surface area contributed by atoms with Crippen LogP contribution >= 0.6 is 11.6 Å². The maximum atomic E-state index is 14.3. The SMILES string of the molecule is CN1CCC(COc2ccc3c(Nc4cnnc(-c5cc(Cl)ccc5F)c4)ccnc3c2)CC1. The second-order valence-electron chi connectivity index (χ2n) is 8.67. The number of hydrogen-bond donors (Lipinski definition) is 1. The van der Waals surface area contributed by atoms with Crippen molar-refractivity contribution in [2.24, 2.45) is 5.92 Å². The molecule has 174 valence electrons. The Hall–Kier alpha value is -3.29. The fourth-order valence-corrected chi connectivity index (χ4v) is 4.36. The zero-order valence-corrected chi connectivity index (χ0v) is 19.6. The standard InChI is InChI=1S/C26H25ClFN5O/c1-33-10-7-17(8-11-33)16-34-20-3-4-21-24(6-9-29-25(21)14-20)31-19-13-26(32-30-15-19)22-12-18(27)2-5-23(22)28/h2-6,9,12-15,17H,7-8,10-11,16H2,1H3,(H,29,31,32). The Morgan fingerprint density at radius 3 is 2.82 bits per heavy atom. The molecule has 1 saturated heterocycles. The molecule has 4 aromatic rings. The number of piperidine rings is 1. The van der Waals surface area contributed by atoms with Gasteiger partial charge in [0.1, 0.15) is 11.6 Å². The molecule has 0 saturated carbocycles. The quantitative estimate of drug-likeness (QED) is 0.370. The molecule has 0 bridgehead atoms. The van der Waals surface area contributed by atoms with E-state index >= 15 is 0 Å². The normalized spacial score (nSPS) is 14.9. The summed E-state index contributed by atoms with van der Waals surface area (Å²) in [5, 5.41) is 12.8. The molecule has 8 heteroatoms. The van der Waals surface area contributed by atoms with Crippen LogP contribution in [0.3, 0.4) is 0 Å². The number of ether oxygens (including phenoxy) is 1. The highest BCUT2D eigenvalue weighted by Gasteiger charge is 2.17. The second kappa shape index (κ2) is 9.91. The third-order valence-corrected chi connectivity index (χ3v) is 6.41. The minimum Gasteiger partial charge on any atom is -0.493 e. The van der Waals surface area contributed by atoms with Crippen molar-refractivity contribution in [2.75, 3.05) is 32.1 Å². The predicted octanol–water partition coefficient (Wildman–Crippen LogP) is 5.95. The maximum absolute atomic E-state index is 14.3. The van der Waals surface area contributed by atoms with Crippen LogP contribution in [0.25, 0.3) is 22.2 Å². The van der Waals surface area contributed by atoms with E-state index in [1.165, 1.54) is 12.1 Å². The Kier molecular flexibility index (Phi) is 6.56. The first-order valence-corrected chi connectivity index (χ1v) is 11.7. The molecule has 1 aliphatic rings. The summed E-state index contributed by atoms with van der Waals surface area (Å²) in [5.74, 6) is 1.00. The minimum atomic E-state index is -0.405. The van der Waals surface area contributed by atoms with E-state index in [4.69, 9.17) is 16.3 Å². The maximum Gasteiger partial charge on any atom is 0.132 e. The molecular formula is C26H25ClFN5O. The highest BCUT2D eigenvalue weighted by Crippen LogP contribution is 2.30. The van der Waals surface area contributed by atoms with Crippen LogP contribution in [-0.2, 0) is 0 Å². The number of anilines is 2. The molecule has 34 heavy (non-hydrogen) atoms. The molecule has 2 aromatic heterocycles. The molecule has 0 aliphatic carbocycles. The van der Waals surface area contributed by atoms with Crippen molar-refractivity contribution in [3.8, 4) is 17.0 Å². The van der Waals surface area contributed by atoms with Crippen LogP contribution in [-0.4, -0.2) is 46.8 Å². The van der Waals surface area contributed by atoms with Gasteiger partial charge in [-0.25, -0.2) is 4.39 Å². The van der Waals surface area contributed by atoms with E-state index in [0.717, 1.165) is 54.9 Å². The molecular weight excluding hydrogens is 453 g/mol. The third kappa shape index (κ3) is 5.11. The molecule has 0 spiro atoms. The highest BCUT2D eigenvalue weighted by molar-refractivity contribution is 6.30. The summed E-state index contributed by atoms with van der Waals surface area (Å²) in [6, 6.07) is 13.9. The van der Waals surface area contributed by atoms with Gasteiger partial charge >= 0.3 is 0 Å². The number of nitrogens with one attached hydrogen (secondary N) is 1.